The van der Waals surface area contributed by atoms with Crippen molar-refractivity contribution in [3.8, 4) is 0 Å². The molecule has 0 saturated carbocycles. The van der Waals surface area contributed by atoms with E-state index >= 15 is 0 Å². The van der Waals surface area contributed by atoms with Gasteiger partial charge < -0.3 is 42.9 Å². The maximum Gasteiger partial charge on any atom is 0.326 e. The summed E-state index contributed by atoms with van der Waals surface area (Å²) >= 11 is 0. The number of unbranched alkanes of at least 4 members (excludes halogenated alkanes) is 2. The summed E-state index contributed by atoms with van der Waals surface area (Å²) in [4.78, 5) is 50.9. The summed E-state index contributed by atoms with van der Waals surface area (Å²) in [6.07, 6.45) is 3.88. The molecule has 12 heteroatoms. The van der Waals surface area contributed by atoms with Crippen LogP contribution in [0.5, 0.6) is 0 Å². The first-order valence-corrected chi connectivity index (χ1v) is 11.2. The number of rotatable bonds is 15. The Morgan fingerprint density at radius 2 is 1.56 bits per heavy atom. The summed E-state index contributed by atoms with van der Waals surface area (Å²) < 4.78 is 0. The normalized spacial score (nSPS) is 18.6. The lowest BCUT2D eigenvalue weighted by Gasteiger charge is -2.28. The van der Waals surface area contributed by atoms with Crippen molar-refractivity contribution in [2.45, 2.75) is 75.5 Å². The van der Waals surface area contributed by atoms with Crippen molar-refractivity contribution < 1.29 is 29.4 Å². The number of aliphatic hydroxyl groups is 1. The number of aliphatic hydroxyl groups excluding tert-OH is 1. The number of hydrogen-bond donors (Lipinski definition) is 7. The molecule has 4 atom stereocenters. The van der Waals surface area contributed by atoms with Crippen LogP contribution in [0.1, 0.15) is 51.4 Å². The van der Waals surface area contributed by atoms with E-state index in [9.17, 15) is 24.3 Å². The van der Waals surface area contributed by atoms with Crippen molar-refractivity contribution in [2.24, 2.45) is 17.2 Å². The van der Waals surface area contributed by atoms with E-state index < -0.39 is 54.5 Å². The summed E-state index contributed by atoms with van der Waals surface area (Å²) in [7, 11) is 0. The number of carbonyl (C=O) groups excluding carboxylic acids is 3. The monoisotopic (exact) mass is 458 g/mol. The smallest absolute Gasteiger partial charge is 0.326 e. The third-order valence-electron chi connectivity index (χ3n) is 5.49. The number of aliphatic carboxylic acids is 1. The highest BCUT2D eigenvalue weighted by atomic mass is 16.4. The minimum Gasteiger partial charge on any atom is -0.480 e. The van der Waals surface area contributed by atoms with Crippen LogP contribution >= 0.6 is 0 Å². The molecule has 0 bridgehead atoms. The summed E-state index contributed by atoms with van der Waals surface area (Å²) in [6, 6.07) is -3.97. The molecule has 10 N–H and O–H groups in total. The van der Waals surface area contributed by atoms with E-state index in [1.54, 1.807) is 0 Å². The molecule has 0 aromatic rings. The lowest BCUT2D eigenvalue weighted by molar-refractivity contribution is -0.143. The van der Waals surface area contributed by atoms with Crippen LogP contribution in [0, 0.1) is 0 Å². The molecule has 12 nitrogen and oxygen atoms in total. The molecule has 1 fully saturated rings. The van der Waals surface area contributed by atoms with Crippen molar-refractivity contribution in [1.82, 2.24) is 15.5 Å². The first-order chi connectivity index (χ1) is 15.3. The van der Waals surface area contributed by atoms with Crippen LogP contribution in [0.4, 0.5) is 0 Å². The predicted octanol–water partition coefficient (Wildman–Crippen LogP) is -2.39. The molecule has 0 spiro atoms. The highest BCUT2D eigenvalue weighted by Crippen LogP contribution is 2.19. The number of carboxylic acids is 1. The first kappa shape index (κ1) is 27.8. The quantitative estimate of drug-likeness (QED) is 0.130. The van der Waals surface area contributed by atoms with Gasteiger partial charge in [0.1, 0.15) is 24.2 Å². The van der Waals surface area contributed by atoms with Gasteiger partial charge in [0.25, 0.3) is 0 Å². The molecule has 0 aliphatic carbocycles. The maximum absolute atomic E-state index is 12.9. The van der Waals surface area contributed by atoms with E-state index in [2.05, 4.69) is 10.6 Å². The number of nitrogens with two attached hydrogens (primary N) is 3. The SMILES string of the molecule is NCCCC[C@H](NC(=O)[C@H](CCCCN)NC(=O)[C@@H]1CCCN1C(=O)[C@@H](N)CO)C(=O)O. The number of hydrogen-bond acceptors (Lipinski definition) is 8. The Kier molecular flexibility index (Phi) is 12.8. The molecular weight excluding hydrogens is 420 g/mol. The highest BCUT2D eigenvalue weighted by molar-refractivity contribution is 5.94. The molecule has 0 aromatic carbocycles. The van der Waals surface area contributed by atoms with Crippen molar-refractivity contribution in [3.63, 3.8) is 0 Å². The van der Waals surface area contributed by atoms with Crippen LogP contribution in [0.3, 0.4) is 0 Å². The van der Waals surface area contributed by atoms with Gasteiger partial charge in [-0.3, -0.25) is 14.4 Å². The lowest BCUT2D eigenvalue weighted by Crippen LogP contribution is -2.57. The van der Waals surface area contributed by atoms with Gasteiger partial charge in [0.05, 0.1) is 6.61 Å². The van der Waals surface area contributed by atoms with Crippen molar-refractivity contribution in [3.05, 3.63) is 0 Å². The highest BCUT2D eigenvalue weighted by Gasteiger charge is 2.37. The Hall–Kier alpha value is -2.28. The molecule has 0 radical (unpaired) electrons. The van der Waals surface area contributed by atoms with E-state index in [4.69, 9.17) is 22.3 Å². The van der Waals surface area contributed by atoms with Crippen LogP contribution in [0.25, 0.3) is 0 Å². The maximum atomic E-state index is 12.9. The molecule has 1 rings (SSSR count). The third kappa shape index (κ3) is 8.69. The first-order valence-electron chi connectivity index (χ1n) is 11.2. The number of nitrogens with one attached hydrogen (secondary N) is 2. The average molecular weight is 459 g/mol. The Balaban J connectivity index is 2.86. The predicted molar refractivity (Wildman–Crippen MR) is 117 cm³/mol. The summed E-state index contributed by atoms with van der Waals surface area (Å²) in [5.41, 5.74) is 16.6. The van der Waals surface area contributed by atoms with Gasteiger partial charge in [-0.2, -0.15) is 0 Å². The van der Waals surface area contributed by atoms with E-state index in [1.165, 1.54) is 4.90 Å². The van der Waals surface area contributed by atoms with Crippen LogP contribution in [-0.2, 0) is 19.2 Å². The number of amides is 3. The largest absolute Gasteiger partial charge is 0.480 e. The van der Waals surface area contributed by atoms with Gasteiger partial charge in [-0.15, -0.1) is 0 Å². The molecule has 1 aliphatic heterocycles. The Morgan fingerprint density at radius 3 is 2.09 bits per heavy atom. The fraction of sp³-hybridized carbons (Fsp3) is 0.800. The van der Waals surface area contributed by atoms with E-state index in [1.807, 2.05) is 0 Å². The van der Waals surface area contributed by atoms with Gasteiger partial charge in [0.2, 0.25) is 17.7 Å². The summed E-state index contributed by atoms with van der Waals surface area (Å²) in [5.74, 6) is -2.80. The van der Waals surface area contributed by atoms with Crippen LogP contribution in [0.2, 0.25) is 0 Å². The molecule has 0 aromatic heterocycles. The molecule has 0 unspecified atom stereocenters. The Labute approximate surface area is 188 Å². The zero-order valence-corrected chi connectivity index (χ0v) is 18.5. The zero-order chi connectivity index (χ0) is 24.1. The second-order valence-corrected chi connectivity index (χ2v) is 8.01. The number of likely N-dealkylation sites (tertiary alicyclic amines) is 1. The molecule has 32 heavy (non-hydrogen) atoms. The average Bonchev–Trinajstić information content (AvgIpc) is 3.26. The Morgan fingerprint density at radius 1 is 0.969 bits per heavy atom. The lowest BCUT2D eigenvalue weighted by atomic mass is 10.1. The van der Waals surface area contributed by atoms with Gasteiger partial charge in [-0.05, 0) is 64.5 Å². The standard InChI is InChI=1S/C20H38N6O6/c21-9-3-1-6-14(17(28)25-15(20(31)32)7-2-4-10-22)24-18(29)16-8-5-11-26(16)19(30)13(23)12-27/h13-16,27H,1-12,21-23H2,(H,24,29)(H,25,28)(H,31,32)/t13-,14-,15-,16-/m0/s1. The van der Waals surface area contributed by atoms with Gasteiger partial charge in [0.15, 0.2) is 0 Å². The molecule has 3 amide bonds. The van der Waals surface area contributed by atoms with E-state index in [0.29, 0.717) is 58.2 Å². The van der Waals surface area contributed by atoms with Gasteiger partial charge in [-0.25, -0.2) is 4.79 Å². The third-order valence-corrected chi connectivity index (χ3v) is 5.49. The minimum atomic E-state index is -1.16. The molecular formula is C20H38N6O6. The summed E-state index contributed by atoms with van der Waals surface area (Å²) in [6.45, 7) is 0.642. The van der Waals surface area contributed by atoms with Crippen molar-refractivity contribution in [2.75, 3.05) is 26.2 Å². The van der Waals surface area contributed by atoms with Gasteiger partial charge >= 0.3 is 5.97 Å². The summed E-state index contributed by atoms with van der Waals surface area (Å²) in [5, 5.41) is 23.7. The second-order valence-electron chi connectivity index (χ2n) is 8.01. The van der Waals surface area contributed by atoms with E-state index in [-0.39, 0.29) is 12.8 Å². The number of nitrogens with zero attached hydrogens (tertiary/aromatic N) is 1. The van der Waals surface area contributed by atoms with Gasteiger partial charge in [0, 0.05) is 6.54 Å². The topological polar surface area (TPSA) is 214 Å². The zero-order valence-electron chi connectivity index (χ0n) is 18.5. The van der Waals surface area contributed by atoms with E-state index in [0.717, 1.165) is 0 Å². The van der Waals surface area contributed by atoms with Crippen molar-refractivity contribution >= 4 is 23.7 Å². The Bertz CT molecular complexity index is 634. The van der Waals surface area contributed by atoms with Crippen LogP contribution in [0.15, 0.2) is 0 Å². The fourth-order valence-electron chi connectivity index (χ4n) is 3.65. The molecule has 184 valence electrons. The fourth-order valence-corrected chi connectivity index (χ4v) is 3.65. The van der Waals surface area contributed by atoms with Crippen LogP contribution in [-0.4, -0.2) is 89.2 Å². The van der Waals surface area contributed by atoms with Gasteiger partial charge in [-0.1, -0.05) is 0 Å². The minimum absolute atomic E-state index is 0.228. The van der Waals surface area contributed by atoms with Crippen molar-refractivity contribution in [1.29, 1.82) is 0 Å². The van der Waals surface area contributed by atoms with Crippen LogP contribution < -0.4 is 27.8 Å². The second kappa shape index (κ2) is 14.7. The number of carboxylic acid groups (broad SMARTS) is 1. The molecule has 1 aliphatic rings. The molecule has 1 heterocycles. The number of carbonyl (C=O) groups is 4. The molecule has 1 saturated heterocycles.